The predicted octanol–water partition coefficient (Wildman–Crippen LogP) is 3.31. The summed E-state index contributed by atoms with van der Waals surface area (Å²) in [6.45, 7) is 0. The van der Waals surface area contributed by atoms with E-state index in [1.54, 1.807) is 6.20 Å². The lowest BCUT2D eigenvalue weighted by Gasteiger charge is -2.36. The fourth-order valence-electron chi connectivity index (χ4n) is 3.23. The second-order valence-corrected chi connectivity index (χ2v) is 5.09. The first-order valence-electron chi connectivity index (χ1n) is 6.50. The first kappa shape index (κ1) is 10.1. The highest BCUT2D eigenvalue weighted by Crippen LogP contribution is 2.50. The van der Waals surface area contributed by atoms with E-state index in [-0.39, 0.29) is 5.60 Å². The third-order valence-electron chi connectivity index (χ3n) is 4.07. The molecule has 3 heteroatoms. The average Bonchev–Trinajstić information content (AvgIpc) is 2.89. The number of hydrogen-bond donors (Lipinski definition) is 0. The Bertz CT molecular complexity index is 603. The van der Waals surface area contributed by atoms with Gasteiger partial charge < -0.3 is 4.74 Å². The van der Waals surface area contributed by atoms with Crippen LogP contribution in [0.1, 0.15) is 31.2 Å². The summed E-state index contributed by atoms with van der Waals surface area (Å²) in [4.78, 5) is 0. The van der Waals surface area contributed by atoms with Gasteiger partial charge in [0, 0.05) is 11.1 Å². The highest BCUT2D eigenvalue weighted by molar-refractivity contribution is 5.72. The van der Waals surface area contributed by atoms with Gasteiger partial charge in [0.2, 0.25) is 0 Å². The minimum absolute atomic E-state index is 0.153. The van der Waals surface area contributed by atoms with E-state index in [0.29, 0.717) is 0 Å². The molecule has 1 aromatic carbocycles. The van der Waals surface area contributed by atoms with Gasteiger partial charge in [-0.05, 0) is 43.9 Å². The van der Waals surface area contributed by atoms with E-state index in [0.717, 1.165) is 29.8 Å². The summed E-state index contributed by atoms with van der Waals surface area (Å²) in [7, 11) is 0. The smallest absolute Gasteiger partial charge is 0.136 e. The Morgan fingerprint density at radius 2 is 1.89 bits per heavy atom. The first-order chi connectivity index (χ1) is 8.89. The highest BCUT2D eigenvalue weighted by atomic mass is 16.5. The van der Waals surface area contributed by atoms with Crippen LogP contribution in [0, 0.1) is 0 Å². The summed E-state index contributed by atoms with van der Waals surface area (Å²) >= 11 is 0. The van der Waals surface area contributed by atoms with Crippen LogP contribution in [0.3, 0.4) is 0 Å². The zero-order valence-electron chi connectivity index (χ0n) is 10.1. The average molecular weight is 238 g/mol. The molecule has 0 bridgehead atoms. The Kier molecular flexibility index (Phi) is 1.98. The van der Waals surface area contributed by atoms with Gasteiger partial charge >= 0.3 is 0 Å². The molecule has 0 unspecified atom stereocenters. The number of benzene rings is 1. The van der Waals surface area contributed by atoms with Crippen LogP contribution < -0.4 is 4.74 Å². The van der Waals surface area contributed by atoms with Crippen LogP contribution in [-0.2, 0) is 5.60 Å². The summed E-state index contributed by atoms with van der Waals surface area (Å²) < 4.78 is 6.34. The molecule has 0 atom stereocenters. The molecule has 2 heterocycles. The molecule has 1 aromatic heterocycles. The number of ether oxygens (including phenoxy) is 1. The van der Waals surface area contributed by atoms with Crippen molar-refractivity contribution in [3.63, 3.8) is 0 Å². The van der Waals surface area contributed by atoms with Crippen molar-refractivity contribution >= 4 is 0 Å². The Balaban J connectivity index is 2.00. The molecule has 0 radical (unpaired) electrons. The van der Waals surface area contributed by atoms with Gasteiger partial charge in [0.15, 0.2) is 0 Å². The fourth-order valence-corrected chi connectivity index (χ4v) is 3.23. The van der Waals surface area contributed by atoms with Crippen molar-refractivity contribution in [2.24, 2.45) is 0 Å². The SMILES string of the molecule is c1ccc2c(c1)OC1(CCCC1)c1ccnnc1-2. The molecule has 1 aliphatic heterocycles. The highest BCUT2D eigenvalue weighted by Gasteiger charge is 2.43. The molecule has 0 N–H and O–H groups in total. The number of para-hydroxylation sites is 1. The molecule has 4 rings (SSSR count). The van der Waals surface area contributed by atoms with Crippen LogP contribution >= 0.6 is 0 Å². The molecule has 0 amide bonds. The van der Waals surface area contributed by atoms with Gasteiger partial charge in [-0.2, -0.15) is 5.10 Å². The summed E-state index contributed by atoms with van der Waals surface area (Å²) in [6.07, 6.45) is 6.39. The zero-order chi connectivity index (χ0) is 12.0. The first-order valence-corrected chi connectivity index (χ1v) is 6.50. The summed E-state index contributed by atoms with van der Waals surface area (Å²) in [5.41, 5.74) is 3.13. The van der Waals surface area contributed by atoms with Crippen molar-refractivity contribution in [3.8, 4) is 17.0 Å². The Labute approximate surface area is 106 Å². The minimum Gasteiger partial charge on any atom is -0.482 e. The maximum absolute atomic E-state index is 6.34. The van der Waals surface area contributed by atoms with Crippen LogP contribution in [0.5, 0.6) is 5.75 Å². The molecule has 2 aliphatic rings. The number of hydrogen-bond acceptors (Lipinski definition) is 3. The van der Waals surface area contributed by atoms with Crippen LogP contribution in [0.4, 0.5) is 0 Å². The van der Waals surface area contributed by atoms with Gasteiger partial charge in [-0.3, -0.25) is 0 Å². The largest absolute Gasteiger partial charge is 0.482 e. The van der Waals surface area contributed by atoms with Gasteiger partial charge in [-0.1, -0.05) is 12.1 Å². The van der Waals surface area contributed by atoms with Gasteiger partial charge in [-0.25, -0.2) is 0 Å². The number of fused-ring (bicyclic) bond motifs is 4. The van der Waals surface area contributed by atoms with Crippen molar-refractivity contribution in [2.45, 2.75) is 31.3 Å². The maximum Gasteiger partial charge on any atom is 0.136 e. The summed E-state index contributed by atoms with van der Waals surface area (Å²) in [5, 5.41) is 8.40. The van der Waals surface area contributed by atoms with Crippen molar-refractivity contribution in [1.82, 2.24) is 10.2 Å². The molecule has 1 spiro atoms. The Morgan fingerprint density at radius 1 is 1.06 bits per heavy atom. The molecule has 18 heavy (non-hydrogen) atoms. The second-order valence-electron chi connectivity index (χ2n) is 5.09. The summed E-state index contributed by atoms with van der Waals surface area (Å²) in [5.74, 6) is 0.951. The number of aromatic nitrogens is 2. The lowest BCUT2D eigenvalue weighted by molar-refractivity contribution is 0.0704. The molecule has 3 nitrogen and oxygen atoms in total. The van der Waals surface area contributed by atoms with E-state index in [1.807, 2.05) is 18.2 Å². The van der Waals surface area contributed by atoms with E-state index in [1.165, 1.54) is 18.4 Å². The number of nitrogens with zero attached hydrogens (tertiary/aromatic N) is 2. The van der Waals surface area contributed by atoms with Gasteiger partial charge in [0.05, 0.1) is 6.20 Å². The van der Waals surface area contributed by atoms with Crippen LogP contribution in [0.15, 0.2) is 36.5 Å². The van der Waals surface area contributed by atoms with Crippen LogP contribution in [-0.4, -0.2) is 10.2 Å². The maximum atomic E-state index is 6.34. The minimum atomic E-state index is -0.153. The zero-order valence-corrected chi connectivity index (χ0v) is 10.1. The van der Waals surface area contributed by atoms with E-state index in [2.05, 4.69) is 22.3 Å². The predicted molar refractivity (Wildman–Crippen MR) is 68.2 cm³/mol. The summed E-state index contributed by atoms with van der Waals surface area (Å²) in [6, 6.07) is 10.2. The molecule has 1 saturated carbocycles. The third-order valence-corrected chi connectivity index (χ3v) is 4.07. The van der Waals surface area contributed by atoms with E-state index in [9.17, 15) is 0 Å². The Hall–Kier alpha value is -1.90. The van der Waals surface area contributed by atoms with E-state index >= 15 is 0 Å². The lowest BCUT2D eigenvalue weighted by Crippen LogP contribution is -2.33. The van der Waals surface area contributed by atoms with Gasteiger partial charge in [0.1, 0.15) is 17.0 Å². The topological polar surface area (TPSA) is 35.0 Å². The number of rotatable bonds is 0. The van der Waals surface area contributed by atoms with Crippen molar-refractivity contribution < 1.29 is 4.74 Å². The molecular formula is C15H14N2O. The normalized spacial score (nSPS) is 19.1. The second kappa shape index (κ2) is 3.55. The van der Waals surface area contributed by atoms with Crippen molar-refractivity contribution in [1.29, 1.82) is 0 Å². The third kappa shape index (κ3) is 1.24. The quantitative estimate of drug-likeness (QED) is 0.706. The monoisotopic (exact) mass is 238 g/mol. The fraction of sp³-hybridized carbons (Fsp3) is 0.333. The van der Waals surface area contributed by atoms with Crippen molar-refractivity contribution in [2.75, 3.05) is 0 Å². The van der Waals surface area contributed by atoms with E-state index in [4.69, 9.17) is 4.74 Å². The molecular weight excluding hydrogens is 224 g/mol. The van der Waals surface area contributed by atoms with Gasteiger partial charge in [0.25, 0.3) is 0 Å². The Morgan fingerprint density at radius 3 is 2.78 bits per heavy atom. The molecule has 90 valence electrons. The molecule has 1 aliphatic carbocycles. The standard InChI is InChI=1S/C15H14N2O/c1-2-6-13-11(5-1)14-12(7-10-16-17-14)15(18-13)8-3-4-9-15/h1-2,5-7,10H,3-4,8-9H2. The van der Waals surface area contributed by atoms with Crippen LogP contribution in [0.25, 0.3) is 11.3 Å². The molecule has 0 saturated heterocycles. The van der Waals surface area contributed by atoms with Crippen molar-refractivity contribution in [3.05, 3.63) is 42.1 Å². The molecule has 2 aromatic rings. The molecule has 1 fully saturated rings. The van der Waals surface area contributed by atoms with E-state index < -0.39 is 0 Å². The lowest BCUT2D eigenvalue weighted by atomic mass is 9.86. The van der Waals surface area contributed by atoms with Gasteiger partial charge in [-0.15, -0.1) is 5.10 Å². The van der Waals surface area contributed by atoms with Crippen LogP contribution in [0.2, 0.25) is 0 Å².